The second-order valence-corrected chi connectivity index (χ2v) is 7.22. The normalized spacial score (nSPS) is 19.9. The number of nitrogen functional groups attached to an aromatic ring is 1. The number of anilines is 2. The molecule has 2 heterocycles. The van der Waals surface area contributed by atoms with Gasteiger partial charge in [-0.3, -0.25) is 0 Å². The maximum atomic E-state index is 12.4. The number of aromatic nitrogens is 2. The summed E-state index contributed by atoms with van der Waals surface area (Å²) in [5.74, 6) is 1.09. The van der Waals surface area contributed by atoms with Gasteiger partial charge in [-0.25, -0.2) is 9.78 Å². The van der Waals surface area contributed by atoms with Crippen molar-refractivity contribution < 1.29 is 9.90 Å². The van der Waals surface area contributed by atoms with Gasteiger partial charge in [0.15, 0.2) is 0 Å². The first-order valence-corrected chi connectivity index (χ1v) is 9.01. The molecule has 8 heteroatoms. The van der Waals surface area contributed by atoms with Crippen molar-refractivity contribution in [3.63, 3.8) is 0 Å². The highest BCUT2D eigenvalue weighted by Gasteiger charge is 2.34. The number of aliphatic hydroxyl groups is 1. The molecule has 0 spiro atoms. The number of urea groups is 1. The first kappa shape index (κ1) is 17.7. The van der Waals surface area contributed by atoms with Gasteiger partial charge in [0, 0.05) is 49.9 Å². The van der Waals surface area contributed by atoms with Gasteiger partial charge in [0.25, 0.3) is 0 Å². The summed E-state index contributed by atoms with van der Waals surface area (Å²) >= 11 is 0. The molecule has 0 unspecified atom stereocenters. The summed E-state index contributed by atoms with van der Waals surface area (Å²) in [6, 6.07) is 1.87. The molecule has 1 saturated heterocycles. The van der Waals surface area contributed by atoms with E-state index in [4.69, 9.17) is 5.73 Å². The number of carbonyl (C=O) groups is 1. The Morgan fingerprint density at radius 3 is 2.56 bits per heavy atom. The second-order valence-electron chi connectivity index (χ2n) is 7.22. The third-order valence-corrected chi connectivity index (χ3v) is 5.36. The molecule has 1 saturated carbocycles. The molecule has 0 radical (unpaired) electrons. The minimum Gasteiger partial charge on any atom is -0.396 e. The van der Waals surface area contributed by atoms with E-state index < -0.39 is 0 Å². The van der Waals surface area contributed by atoms with Crippen LogP contribution in [0.15, 0.2) is 6.07 Å². The maximum absolute atomic E-state index is 12.4. The Morgan fingerprint density at radius 1 is 1.28 bits per heavy atom. The van der Waals surface area contributed by atoms with Crippen molar-refractivity contribution >= 4 is 17.8 Å². The Hall–Kier alpha value is -2.09. The number of hydrogen-bond acceptors (Lipinski definition) is 6. The Kier molecular flexibility index (Phi) is 5.27. The monoisotopic (exact) mass is 348 g/mol. The van der Waals surface area contributed by atoms with E-state index in [2.05, 4.69) is 20.2 Å². The summed E-state index contributed by atoms with van der Waals surface area (Å²) in [7, 11) is 0. The Balaban J connectivity index is 1.50. The number of carbonyl (C=O) groups excluding carboxylic acids is 1. The first-order valence-electron chi connectivity index (χ1n) is 9.01. The van der Waals surface area contributed by atoms with E-state index in [1.165, 1.54) is 0 Å². The first-order chi connectivity index (χ1) is 12.0. The standard InChI is InChI=1S/C17H28N6O2/c1-13-10-14(21-15(18)20-13)22-6-8-23(9-7-22)16(25)19-11-17(12-24)4-2-3-5-17/h10,24H,2-9,11-12H2,1H3,(H,19,25)(H2,18,20,21). The number of rotatable bonds is 4. The molecule has 0 bridgehead atoms. The molecule has 1 aromatic rings. The maximum Gasteiger partial charge on any atom is 0.317 e. The molecule has 1 aromatic heterocycles. The number of nitrogens with zero attached hydrogens (tertiary/aromatic N) is 4. The lowest BCUT2D eigenvalue weighted by atomic mass is 9.87. The number of piperazine rings is 1. The number of nitrogens with two attached hydrogens (primary N) is 1. The fraction of sp³-hybridized carbons (Fsp3) is 0.706. The number of aryl methyl sites for hydroxylation is 1. The number of aliphatic hydroxyl groups excluding tert-OH is 1. The molecule has 0 aromatic carbocycles. The average molecular weight is 348 g/mol. The third-order valence-electron chi connectivity index (χ3n) is 5.36. The predicted molar refractivity (Wildman–Crippen MR) is 96.4 cm³/mol. The minimum atomic E-state index is -0.118. The fourth-order valence-corrected chi connectivity index (χ4v) is 3.77. The molecule has 138 valence electrons. The average Bonchev–Trinajstić information content (AvgIpc) is 3.08. The Morgan fingerprint density at radius 2 is 1.96 bits per heavy atom. The third kappa shape index (κ3) is 4.12. The van der Waals surface area contributed by atoms with E-state index in [9.17, 15) is 9.90 Å². The van der Waals surface area contributed by atoms with Gasteiger partial charge in [0.1, 0.15) is 5.82 Å². The van der Waals surface area contributed by atoms with Crippen molar-refractivity contribution in [1.29, 1.82) is 0 Å². The van der Waals surface area contributed by atoms with Crippen LogP contribution in [0.3, 0.4) is 0 Å². The van der Waals surface area contributed by atoms with E-state index >= 15 is 0 Å². The van der Waals surface area contributed by atoms with Crippen molar-refractivity contribution in [1.82, 2.24) is 20.2 Å². The van der Waals surface area contributed by atoms with Crippen LogP contribution in [-0.2, 0) is 0 Å². The summed E-state index contributed by atoms with van der Waals surface area (Å²) in [5.41, 5.74) is 6.45. The topological polar surface area (TPSA) is 108 Å². The van der Waals surface area contributed by atoms with Crippen LogP contribution in [0, 0.1) is 12.3 Å². The lowest BCUT2D eigenvalue weighted by Gasteiger charge is -2.36. The van der Waals surface area contributed by atoms with Gasteiger partial charge in [-0.15, -0.1) is 0 Å². The molecule has 1 aliphatic heterocycles. The van der Waals surface area contributed by atoms with Gasteiger partial charge >= 0.3 is 6.03 Å². The summed E-state index contributed by atoms with van der Waals surface area (Å²) in [5, 5.41) is 12.7. The molecule has 8 nitrogen and oxygen atoms in total. The zero-order valence-electron chi connectivity index (χ0n) is 14.9. The summed E-state index contributed by atoms with van der Waals surface area (Å²) < 4.78 is 0. The summed E-state index contributed by atoms with van der Waals surface area (Å²) in [4.78, 5) is 24.8. The minimum absolute atomic E-state index is 0.0437. The van der Waals surface area contributed by atoms with Crippen LogP contribution in [0.25, 0.3) is 0 Å². The lowest BCUT2D eigenvalue weighted by molar-refractivity contribution is 0.125. The van der Waals surface area contributed by atoms with Crippen molar-refractivity contribution in [2.45, 2.75) is 32.6 Å². The largest absolute Gasteiger partial charge is 0.396 e. The van der Waals surface area contributed by atoms with E-state index in [1.54, 1.807) is 0 Å². The van der Waals surface area contributed by atoms with Crippen LogP contribution < -0.4 is 16.0 Å². The van der Waals surface area contributed by atoms with Gasteiger partial charge in [0.2, 0.25) is 5.95 Å². The molecular formula is C17H28N6O2. The van der Waals surface area contributed by atoms with Crippen molar-refractivity contribution in [3.8, 4) is 0 Å². The molecule has 1 aliphatic carbocycles. The smallest absolute Gasteiger partial charge is 0.317 e. The quantitative estimate of drug-likeness (QED) is 0.741. The van der Waals surface area contributed by atoms with Gasteiger partial charge in [0.05, 0.1) is 6.61 Å². The fourth-order valence-electron chi connectivity index (χ4n) is 3.77. The molecule has 4 N–H and O–H groups in total. The van der Waals surface area contributed by atoms with E-state index in [0.29, 0.717) is 32.7 Å². The second kappa shape index (κ2) is 7.43. The number of hydrogen-bond donors (Lipinski definition) is 3. The highest BCUT2D eigenvalue weighted by molar-refractivity contribution is 5.74. The van der Waals surface area contributed by atoms with Gasteiger partial charge in [-0.2, -0.15) is 4.98 Å². The lowest BCUT2D eigenvalue weighted by Crippen LogP contribution is -2.53. The van der Waals surface area contributed by atoms with Crippen LogP contribution in [0.5, 0.6) is 0 Å². The summed E-state index contributed by atoms with van der Waals surface area (Å²) in [6.07, 6.45) is 4.26. The van der Waals surface area contributed by atoms with Gasteiger partial charge in [-0.1, -0.05) is 12.8 Å². The SMILES string of the molecule is Cc1cc(N2CCN(C(=O)NCC3(CO)CCCC3)CC2)nc(N)n1. The van der Waals surface area contributed by atoms with Crippen LogP contribution in [0.4, 0.5) is 16.6 Å². The van der Waals surface area contributed by atoms with Crippen LogP contribution in [0.1, 0.15) is 31.4 Å². The number of amides is 2. The molecule has 25 heavy (non-hydrogen) atoms. The van der Waals surface area contributed by atoms with Crippen LogP contribution in [-0.4, -0.2) is 65.3 Å². The molecule has 3 rings (SSSR count). The van der Waals surface area contributed by atoms with E-state index in [0.717, 1.165) is 37.2 Å². The van der Waals surface area contributed by atoms with E-state index in [-0.39, 0.29) is 24.0 Å². The van der Waals surface area contributed by atoms with Crippen molar-refractivity contribution in [3.05, 3.63) is 11.8 Å². The predicted octanol–water partition coefficient (Wildman–Crippen LogP) is 0.752. The van der Waals surface area contributed by atoms with Crippen molar-refractivity contribution in [2.24, 2.45) is 5.41 Å². The highest BCUT2D eigenvalue weighted by atomic mass is 16.3. The molecule has 2 aliphatic rings. The Bertz CT molecular complexity index is 589. The van der Waals surface area contributed by atoms with Gasteiger partial charge in [-0.05, 0) is 19.8 Å². The van der Waals surface area contributed by atoms with Crippen LogP contribution >= 0.6 is 0 Å². The van der Waals surface area contributed by atoms with Crippen molar-refractivity contribution in [2.75, 3.05) is 50.0 Å². The van der Waals surface area contributed by atoms with Crippen LogP contribution in [0.2, 0.25) is 0 Å². The summed E-state index contributed by atoms with van der Waals surface area (Å²) in [6.45, 7) is 5.32. The molecule has 2 amide bonds. The highest BCUT2D eigenvalue weighted by Crippen LogP contribution is 2.36. The molecule has 0 atom stereocenters. The van der Waals surface area contributed by atoms with Gasteiger partial charge < -0.3 is 26.0 Å². The molecule has 2 fully saturated rings. The zero-order chi connectivity index (χ0) is 17.9. The van der Waals surface area contributed by atoms with E-state index in [1.807, 2.05) is 17.9 Å². The zero-order valence-corrected chi connectivity index (χ0v) is 14.9. The number of nitrogens with one attached hydrogen (secondary N) is 1. The Labute approximate surface area is 148 Å². The molecular weight excluding hydrogens is 320 g/mol.